The quantitative estimate of drug-likeness (QED) is 0.669. The summed E-state index contributed by atoms with van der Waals surface area (Å²) in [5.41, 5.74) is 2.81. The molecule has 0 fully saturated rings. The summed E-state index contributed by atoms with van der Waals surface area (Å²) in [4.78, 5) is 11.8. The van der Waals surface area contributed by atoms with E-state index in [2.05, 4.69) is 0 Å². The third-order valence-corrected chi connectivity index (χ3v) is 3.03. The molecule has 0 radical (unpaired) electrons. The molecule has 0 aromatic heterocycles. The van der Waals surface area contributed by atoms with Crippen LogP contribution in [0, 0.1) is 0 Å². The van der Waals surface area contributed by atoms with Gasteiger partial charge in [-0.2, -0.15) is 0 Å². The number of carbonyl (C=O) groups excluding carboxylic acids is 1. The van der Waals surface area contributed by atoms with Crippen molar-refractivity contribution in [3.8, 4) is 0 Å². The number of benzene rings is 1. The summed E-state index contributed by atoms with van der Waals surface area (Å²) in [6.45, 7) is 0. The number of hydrogen-bond donors (Lipinski definition) is 0. The minimum atomic E-state index is -0.200. The molecular formula is C14H12O2. The van der Waals surface area contributed by atoms with Crippen LogP contribution in [0.1, 0.15) is 24.8 Å². The van der Waals surface area contributed by atoms with E-state index in [1.165, 1.54) is 0 Å². The Morgan fingerprint density at radius 3 is 2.75 bits per heavy atom. The van der Waals surface area contributed by atoms with Crippen molar-refractivity contribution < 1.29 is 9.53 Å². The first-order chi connectivity index (χ1) is 7.86. The van der Waals surface area contributed by atoms with Crippen molar-refractivity contribution in [2.75, 3.05) is 0 Å². The SMILES string of the molecule is O=C1OC2=CCCCC2=C1c1ccccc1. The monoisotopic (exact) mass is 212 g/mol. The van der Waals surface area contributed by atoms with Crippen molar-refractivity contribution in [1.29, 1.82) is 0 Å². The fourth-order valence-electron chi connectivity index (χ4n) is 2.28. The molecule has 0 N–H and O–H groups in total. The Morgan fingerprint density at radius 1 is 1.12 bits per heavy atom. The lowest BCUT2D eigenvalue weighted by Gasteiger charge is -2.09. The van der Waals surface area contributed by atoms with Crippen molar-refractivity contribution in [1.82, 2.24) is 0 Å². The Morgan fingerprint density at radius 2 is 1.94 bits per heavy atom. The Balaban J connectivity index is 2.15. The van der Waals surface area contributed by atoms with E-state index < -0.39 is 0 Å². The van der Waals surface area contributed by atoms with Crippen LogP contribution >= 0.6 is 0 Å². The van der Waals surface area contributed by atoms with Crippen LogP contribution in [0.4, 0.5) is 0 Å². The van der Waals surface area contributed by atoms with Crippen LogP contribution in [-0.2, 0) is 9.53 Å². The second kappa shape index (κ2) is 3.63. The molecule has 3 rings (SSSR count). The molecule has 2 aliphatic rings. The lowest BCUT2D eigenvalue weighted by molar-refractivity contribution is -0.131. The molecule has 2 heteroatoms. The molecule has 1 heterocycles. The maximum Gasteiger partial charge on any atom is 0.344 e. The highest BCUT2D eigenvalue weighted by atomic mass is 16.5. The predicted molar refractivity (Wildman–Crippen MR) is 61.4 cm³/mol. The highest BCUT2D eigenvalue weighted by Gasteiger charge is 2.31. The summed E-state index contributed by atoms with van der Waals surface area (Å²) in [5.74, 6) is 0.587. The van der Waals surface area contributed by atoms with Crippen LogP contribution in [0.15, 0.2) is 47.7 Å². The second-order valence-electron chi connectivity index (χ2n) is 4.07. The Kier molecular flexibility index (Phi) is 2.13. The summed E-state index contributed by atoms with van der Waals surface area (Å²) in [6, 6.07) is 9.76. The van der Waals surface area contributed by atoms with Gasteiger partial charge in [0, 0.05) is 5.57 Å². The standard InChI is InChI=1S/C14H12O2/c15-14-13(10-6-2-1-3-7-10)11-8-4-5-9-12(11)16-14/h1-3,6-7,9H,4-5,8H2. The van der Waals surface area contributed by atoms with E-state index in [4.69, 9.17) is 4.74 Å². The van der Waals surface area contributed by atoms with Crippen molar-refractivity contribution >= 4 is 11.5 Å². The molecule has 0 amide bonds. The van der Waals surface area contributed by atoms with Gasteiger partial charge in [0.1, 0.15) is 5.76 Å². The number of rotatable bonds is 1. The normalized spacial score (nSPS) is 19.2. The van der Waals surface area contributed by atoms with Crippen LogP contribution in [0.5, 0.6) is 0 Å². The summed E-state index contributed by atoms with van der Waals surface area (Å²) in [7, 11) is 0. The molecule has 1 aliphatic heterocycles. The van der Waals surface area contributed by atoms with Gasteiger partial charge in [-0.15, -0.1) is 0 Å². The second-order valence-corrected chi connectivity index (χ2v) is 4.07. The highest BCUT2D eigenvalue weighted by molar-refractivity contribution is 6.21. The number of esters is 1. The number of hydrogen-bond acceptors (Lipinski definition) is 2. The fourth-order valence-corrected chi connectivity index (χ4v) is 2.28. The van der Waals surface area contributed by atoms with E-state index >= 15 is 0 Å². The summed E-state index contributed by atoms with van der Waals surface area (Å²) >= 11 is 0. The van der Waals surface area contributed by atoms with Gasteiger partial charge in [-0.05, 0) is 30.9 Å². The molecular weight excluding hydrogens is 200 g/mol. The Labute approximate surface area is 94.2 Å². The first-order valence-corrected chi connectivity index (χ1v) is 5.57. The molecule has 0 saturated carbocycles. The third-order valence-electron chi connectivity index (χ3n) is 3.03. The van der Waals surface area contributed by atoms with Crippen molar-refractivity contribution in [3.05, 3.63) is 53.3 Å². The molecule has 0 spiro atoms. The third kappa shape index (κ3) is 1.38. The zero-order valence-electron chi connectivity index (χ0n) is 8.90. The number of fused-ring (bicyclic) bond motifs is 1. The maximum atomic E-state index is 11.8. The molecule has 0 unspecified atom stereocenters. The zero-order valence-corrected chi connectivity index (χ0v) is 8.90. The van der Waals surface area contributed by atoms with Gasteiger partial charge in [0.2, 0.25) is 0 Å². The van der Waals surface area contributed by atoms with E-state index in [0.717, 1.165) is 41.7 Å². The molecule has 80 valence electrons. The van der Waals surface area contributed by atoms with Crippen molar-refractivity contribution in [3.63, 3.8) is 0 Å². The average Bonchev–Trinajstić information content (AvgIpc) is 2.66. The van der Waals surface area contributed by atoms with E-state index in [9.17, 15) is 4.79 Å². The van der Waals surface area contributed by atoms with Crippen LogP contribution in [-0.4, -0.2) is 5.97 Å². The maximum absolute atomic E-state index is 11.8. The highest BCUT2D eigenvalue weighted by Crippen LogP contribution is 2.38. The molecule has 0 atom stereocenters. The number of carbonyl (C=O) groups is 1. The van der Waals surface area contributed by atoms with Gasteiger partial charge >= 0.3 is 5.97 Å². The summed E-state index contributed by atoms with van der Waals surface area (Å²) in [5, 5.41) is 0. The zero-order chi connectivity index (χ0) is 11.0. The topological polar surface area (TPSA) is 26.3 Å². The molecule has 1 aromatic rings. The first kappa shape index (κ1) is 9.40. The lowest BCUT2D eigenvalue weighted by atomic mass is 9.93. The molecule has 2 nitrogen and oxygen atoms in total. The van der Waals surface area contributed by atoms with Gasteiger partial charge < -0.3 is 4.74 Å². The number of ether oxygens (including phenoxy) is 1. The smallest absolute Gasteiger partial charge is 0.344 e. The van der Waals surface area contributed by atoms with Gasteiger partial charge in [0.15, 0.2) is 0 Å². The van der Waals surface area contributed by atoms with Crippen molar-refractivity contribution in [2.24, 2.45) is 0 Å². The molecule has 1 aromatic carbocycles. The van der Waals surface area contributed by atoms with E-state index in [-0.39, 0.29) is 5.97 Å². The largest absolute Gasteiger partial charge is 0.423 e. The minimum absolute atomic E-state index is 0.200. The minimum Gasteiger partial charge on any atom is -0.423 e. The number of allylic oxidation sites excluding steroid dienone is 2. The fraction of sp³-hybridized carbons (Fsp3) is 0.214. The van der Waals surface area contributed by atoms with Gasteiger partial charge in [-0.25, -0.2) is 4.79 Å². The molecule has 0 bridgehead atoms. The van der Waals surface area contributed by atoms with Crippen molar-refractivity contribution in [2.45, 2.75) is 19.3 Å². The van der Waals surface area contributed by atoms with E-state index in [1.807, 2.05) is 36.4 Å². The summed E-state index contributed by atoms with van der Waals surface area (Å²) < 4.78 is 5.28. The van der Waals surface area contributed by atoms with Gasteiger partial charge in [0.05, 0.1) is 5.57 Å². The predicted octanol–water partition coefficient (Wildman–Crippen LogP) is 3.06. The summed E-state index contributed by atoms with van der Waals surface area (Å²) in [6.07, 6.45) is 5.08. The van der Waals surface area contributed by atoms with E-state index in [0.29, 0.717) is 0 Å². The van der Waals surface area contributed by atoms with Gasteiger partial charge in [0.25, 0.3) is 0 Å². The molecule has 16 heavy (non-hydrogen) atoms. The Hall–Kier alpha value is -1.83. The Bertz CT molecular complexity index is 495. The van der Waals surface area contributed by atoms with Gasteiger partial charge in [-0.1, -0.05) is 30.3 Å². The molecule has 0 saturated heterocycles. The molecule has 1 aliphatic carbocycles. The van der Waals surface area contributed by atoms with E-state index in [1.54, 1.807) is 0 Å². The van der Waals surface area contributed by atoms with Gasteiger partial charge in [-0.3, -0.25) is 0 Å². The lowest BCUT2D eigenvalue weighted by Crippen LogP contribution is -1.97. The van der Waals surface area contributed by atoms with Crippen LogP contribution in [0.3, 0.4) is 0 Å². The average molecular weight is 212 g/mol. The van der Waals surface area contributed by atoms with Crippen LogP contribution in [0.25, 0.3) is 5.57 Å². The first-order valence-electron chi connectivity index (χ1n) is 5.57. The van der Waals surface area contributed by atoms with Crippen LogP contribution < -0.4 is 0 Å². The van der Waals surface area contributed by atoms with Crippen LogP contribution in [0.2, 0.25) is 0 Å².